The molecular weight excluding hydrogens is 619 g/mol. The molecule has 0 aliphatic heterocycles. The quantitative estimate of drug-likeness (QED) is 0.0977. The van der Waals surface area contributed by atoms with Gasteiger partial charge in [0.05, 0.1) is 22.3 Å². The van der Waals surface area contributed by atoms with Gasteiger partial charge in [0.15, 0.2) is 0 Å². The maximum absolute atomic E-state index is 13.6. The van der Waals surface area contributed by atoms with Gasteiger partial charge < -0.3 is 20.7 Å². The lowest BCUT2D eigenvalue weighted by atomic mass is 10.1. The second kappa shape index (κ2) is 14.9. The smallest absolute Gasteiger partial charge is 0.341 e. The molecule has 3 amide bonds. The summed E-state index contributed by atoms with van der Waals surface area (Å²) in [6.07, 6.45) is 0.491. The van der Waals surface area contributed by atoms with E-state index in [1.54, 1.807) is 38.1 Å². The first-order valence-corrected chi connectivity index (χ1v) is 16.5. The third kappa shape index (κ3) is 7.64. The van der Waals surface area contributed by atoms with E-state index in [4.69, 9.17) is 4.74 Å². The molecule has 0 saturated heterocycles. The van der Waals surface area contributed by atoms with Gasteiger partial charge >= 0.3 is 5.97 Å². The van der Waals surface area contributed by atoms with Gasteiger partial charge in [-0.2, -0.15) is 0 Å². The van der Waals surface area contributed by atoms with Crippen molar-refractivity contribution < 1.29 is 23.9 Å². The summed E-state index contributed by atoms with van der Waals surface area (Å²) in [6.45, 7) is 5.41. The molecule has 0 aliphatic rings. The van der Waals surface area contributed by atoms with Crippen molar-refractivity contribution in [3.05, 3.63) is 119 Å². The van der Waals surface area contributed by atoms with Crippen molar-refractivity contribution in [2.75, 3.05) is 22.6 Å². The number of hydrogen-bond donors (Lipinski definition) is 3. The minimum atomic E-state index is -0.610. The van der Waals surface area contributed by atoms with E-state index in [9.17, 15) is 19.2 Å². The van der Waals surface area contributed by atoms with Crippen LogP contribution in [-0.2, 0) is 9.53 Å². The molecule has 8 nitrogen and oxygen atoms in total. The van der Waals surface area contributed by atoms with Crippen LogP contribution >= 0.6 is 23.1 Å². The number of carbonyl (C=O) groups is 4. The molecule has 1 unspecified atom stereocenters. The normalized spacial score (nSPS) is 11.5. The van der Waals surface area contributed by atoms with Crippen molar-refractivity contribution in [3.63, 3.8) is 0 Å². The maximum Gasteiger partial charge on any atom is 0.341 e. The molecule has 3 N–H and O–H groups in total. The molecule has 5 rings (SSSR count). The van der Waals surface area contributed by atoms with Crippen LogP contribution in [0, 0.1) is 6.92 Å². The molecule has 5 aromatic rings. The van der Waals surface area contributed by atoms with Gasteiger partial charge in [0.1, 0.15) is 5.00 Å². The number of fused-ring (bicyclic) bond motifs is 1. The lowest BCUT2D eigenvalue weighted by molar-refractivity contribution is -0.115. The zero-order valence-corrected chi connectivity index (χ0v) is 27.2. The van der Waals surface area contributed by atoms with Gasteiger partial charge in [0.2, 0.25) is 5.91 Å². The Morgan fingerprint density at radius 1 is 0.761 bits per heavy atom. The number of anilines is 3. The zero-order chi connectivity index (χ0) is 32.6. The van der Waals surface area contributed by atoms with Crippen molar-refractivity contribution >= 4 is 73.9 Å². The fourth-order valence-electron chi connectivity index (χ4n) is 4.84. The second-order valence-electron chi connectivity index (χ2n) is 10.3. The Hall–Kier alpha value is -4.93. The topological polar surface area (TPSA) is 114 Å². The first kappa shape index (κ1) is 32.5. The highest BCUT2D eigenvalue weighted by Crippen LogP contribution is 2.36. The molecule has 0 saturated carbocycles. The van der Waals surface area contributed by atoms with E-state index in [1.165, 1.54) is 11.8 Å². The summed E-state index contributed by atoms with van der Waals surface area (Å²) in [7, 11) is 0. The Bertz CT molecular complexity index is 1900. The van der Waals surface area contributed by atoms with Gasteiger partial charge in [-0.1, -0.05) is 61.5 Å². The van der Waals surface area contributed by atoms with Crippen molar-refractivity contribution in [2.45, 2.75) is 37.3 Å². The Balaban J connectivity index is 1.31. The summed E-state index contributed by atoms with van der Waals surface area (Å²) in [5.74, 6) is -1.55. The minimum Gasteiger partial charge on any atom is -0.462 e. The van der Waals surface area contributed by atoms with Gasteiger partial charge in [0, 0.05) is 21.8 Å². The summed E-state index contributed by atoms with van der Waals surface area (Å²) >= 11 is 2.38. The molecular formula is C36H33N3O5S2. The highest BCUT2D eigenvalue weighted by molar-refractivity contribution is 8.00. The molecule has 0 fully saturated rings. The van der Waals surface area contributed by atoms with Crippen LogP contribution in [0.3, 0.4) is 0 Å². The van der Waals surface area contributed by atoms with E-state index >= 15 is 0 Å². The number of benzene rings is 4. The highest BCUT2D eigenvalue weighted by Gasteiger charge is 2.28. The minimum absolute atomic E-state index is 0.147. The Morgan fingerprint density at radius 3 is 2.20 bits per heavy atom. The number of amides is 3. The molecule has 46 heavy (non-hydrogen) atoms. The van der Waals surface area contributed by atoms with Gasteiger partial charge in [-0.3, -0.25) is 14.4 Å². The van der Waals surface area contributed by atoms with Gasteiger partial charge in [-0.15, -0.1) is 23.1 Å². The van der Waals surface area contributed by atoms with Crippen molar-refractivity contribution in [3.8, 4) is 0 Å². The van der Waals surface area contributed by atoms with E-state index in [1.807, 2.05) is 79.7 Å². The average molecular weight is 652 g/mol. The molecule has 10 heteroatoms. The number of thioether (sulfide) groups is 1. The maximum atomic E-state index is 13.6. The predicted octanol–water partition coefficient (Wildman–Crippen LogP) is 8.40. The lowest BCUT2D eigenvalue weighted by Crippen LogP contribution is -2.25. The van der Waals surface area contributed by atoms with Gasteiger partial charge in [-0.25, -0.2) is 4.79 Å². The Kier molecular flexibility index (Phi) is 10.5. The standard InChI is InChI=1S/C36H33N3O5S2/c1-4-29(45-28-17-11-16-27(21-28)38-32(40)25-19-18-23-12-9-10-13-24(23)20-25)33(41)39-35-30(36(43)44-5-2)22(3)31(46-35)34(42)37-26-14-7-6-8-15-26/h6-21,29H,4-5H2,1-3H3,(H,37,42)(H,38,40)(H,39,41). The van der Waals surface area contributed by atoms with E-state index in [-0.39, 0.29) is 34.9 Å². The first-order chi connectivity index (χ1) is 22.3. The van der Waals surface area contributed by atoms with Crippen LogP contribution in [-0.4, -0.2) is 35.5 Å². The number of esters is 1. The molecule has 234 valence electrons. The number of ether oxygens (including phenoxy) is 1. The molecule has 0 bridgehead atoms. The number of hydrogen-bond acceptors (Lipinski definition) is 7. The fraction of sp³-hybridized carbons (Fsp3) is 0.167. The third-order valence-corrected chi connectivity index (χ3v) is 9.71. The van der Waals surface area contributed by atoms with Crippen LogP contribution in [0.15, 0.2) is 102 Å². The van der Waals surface area contributed by atoms with E-state index in [2.05, 4.69) is 16.0 Å². The van der Waals surface area contributed by atoms with Crippen LogP contribution in [0.1, 0.15) is 56.2 Å². The number of nitrogens with one attached hydrogen (secondary N) is 3. The SMILES string of the molecule is CCOC(=O)c1c(NC(=O)C(CC)Sc2cccc(NC(=O)c3ccc4ccccc4c3)c2)sc(C(=O)Nc2ccccc2)c1C. The zero-order valence-electron chi connectivity index (χ0n) is 25.6. The number of para-hydroxylation sites is 1. The number of carbonyl (C=O) groups excluding carboxylic acids is 4. The summed E-state index contributed by atoms with van der Waals surface area (Å²) in [6, 6.07) is 29.7. The van der Waals surface area contributed by atoms with E-state index < -0.39 is 11.2 Å². The van der Waals surface area contributed by atoms with Crippen LogP contribution < -0.4 is 16.0 Å². The van der Waals surface area contributed by atoms with Crippen LogP contribution in [0.2, 0.25) is 0 Å². The lowest BCUT2D eigenvalue weighted by Gasteiger charge is -2.15. The Labute approximate surface area is 275 Å². The molecule has 1 heterocycles. The summed E-state index contributed by atoms with van der Waals surface area (Å²) in [5.41, 5.74) is 2.36. The van der Waals surface area contributed by atoms with E-state index in [0.717, 1.165) is 27.0 Å². The fourth-order valence-corrected chi connectivity index (χ4v) is 6.94. The highest BCUT2D eigenvalue weighted by atomic mass is 32.2. The van der Waals surface area contributed by atoms with Crippen molar-refractivity contribution in [2.24, 2.45) is 0 Å². The monoisotopic (exact) mass is 651 g/mol. The van der Waals surface area contributed by atoms with Gasteiger partial charge in [-0.05, 0) is 79.1 Å². The summed E-state index contributed by atoms with van der Waals surface area (Å²) < 4.78 is 5.27. The third-order valence-electron chi connectivity index (χ3n) is 7.15. The van der Waals surface area contributed by atoms with Crippen molar-refractivity contribution in [1.29, 1.82) is 0 Å². The summed E-state index contributed by atoms with van der Waals surface area (Å²) in [4.78, 5) is 53.8. The average Bonchev–Trinajstić information content (AvgIpc) is 3.39. The molecule has 1 atom stereocenters. The van der Waals surface area contributed by atoms with Crippen molar-refractivity contribution in [1.82, 2.24) is 0 Å². The predicted molar refractivity (Wildman–Crippen MR) is 186 cm³/mol. The van der Waals surface area contributed by atoms with Gasteiger partial charge in [0.25, 0.3) is 11.8 Å². The number of rotatable bonds is 11. The van der Waals surface area contributed by atoms with Crippen LogP contribution in [0.4, 0.5) is 16.4 Å². The summed E-state index contributed by atoms with van der Waals surface area (Å²) in [5, 5.41) is 10.5. The molecule has 4 aromatic carbocycles. The molecule has 0 radical (unpaired) electrons. The van der Waals surface area contributed by atoms with E-state index in [0.29, 0.717) is 33.8 Å². The Morgan fingerprint density at radius 2 is 1.46 bits per heavy atom. The van der Waals surface area contributed by atoms with Crippen LogP contribution in [0.25, 0.3) is 10.8 Å². The molecule has 1 aromatic heterocycles. The second-order valence-corrected chi connectivity index (χ2v) is 12.6. The van der Waals surface area contributed by atoms with Crippen LogP contribution in [0.5, 0.6) is 0 Å². The number of thiophene rings is 1. The largest absolute Gasteiger partial charge is 0.462 e. The molecule has 0 aliphatic carbocycles. The molecule has 0 spiro atoms. The first-order valence-electron chi connectivity index (χ1n) is 14.8.